The van der Waals surface area contributed by atoms with Crippen molar-refractivity contribution in [2.45, 2.75) is 31.0 Å². The number of imide groups is 1. The smallest absolute Gasteiger partial charge is 0.416 e. The highest BCUT2D eigenvalue weighted by Gasteiger charge is 2.46. The molecule has 4 nitrogen and oxygen atoms in total. The minimum Gasteiger partial charge on any atom is -0.447 e. The minimum absolute atomic E-state index is 0.148. The lowest BCUT2D eigenvalue weighted by Crippen LogP contribution is -2.42. The van der Waals surface area contributed by atoms with Gasteiger partial charge in [0.25, 0.3) is 0 Å². The molecule has 0 spiro atoms. The normalized spacial score (nSPS) is 17.9. The molecule has 2 atom stereocenters. The number of carbonyl (C=O) groups is 2. The van der Waals surface area contributed by atoms with Gasteiger partial charge in [-0.05, 0) is 29.7 Å². The number of rotatable bonds is 5. The Labute approximate surface area is 162 Å². The van der Waals surface area contributed by atoms with E-state index < -0.39 is 53.8 Å². The van der Waals surface area contributed by atoms with Gasteiger partial charge in [0.05, 0.1) is 12.0 Å². The van der Waals surface area contributed by atoms with E-state index in [0.717, 1.165) is 5.56 Å². The molecule has 1 aliphatic rings. The Bertz CT molecular complexity index is 880. The third kappa shape index (κ3) is 4.90. The van der Waals surface area contributed by atoms with E-state index in [4.69, 9.17) is 4.74 Å². The van der Waals surface area contributed by atoms with Gasteiger partial charge in [-0.1, -0.05) is 30.3 Å². The van der Waals surface area contributed by atoms with Crippen LogP contribution in [0.2, 0.25) is 0 Å². The summed E-state index contributed by atoms with van der Waals surface area (Å²) in [4.78, 5) is 25.2. The Kier molecular flexibility index (Phi) is 5.86. The van der Waals surface area contributed by atoms with Crippen LogP contribution in [0.1, 0.15) is 23.5 Å². The van der Waals surface area contributed by atoms with Gasteiger partial charge >= 0.3 is 12.3 Å². The average Bonchev–Trinajstić information content (AvgIpc) is 2.99. The fraction of sp³-hybridized carbons (Fsp3) is 0.300. The second kappa shape index (κ2) is 8.18. The first-order valence-electron chi connectivity index (χ1n) is 8.70. The molecule has 2 amide bonds. The first-order chi connectivity index (χ1) is 13.6. The largest absolute Gasteiger partial charge is 0.447 e. The highest BCUT2D eigenvalue weighted by atomic mass is 19.4. The fourth-order valence-corrected chi connectivity index (χ4v) is 3.27. The molecule has 2 unspecified atom stereocenters. The number of hydrogen-bond donors (Lipinski definition) is 0. The lowest BCUT2D eigenvalue weighted by molar-refractivity contribution is -0.160. The Morgan fingerprint density at radius 1 is 1.10 bits per heavy atom. The maximum Gasteiger partial charge on any atom is 0.416 e. The Morgan fingerprint density at radius 3 is 2.31 bits per heavy atom. The minimum atomic E-state index is -4.95. The van der Waals surface area contributed by atoms with E-state index in [-0.39, 0.29) is 13.0 Å². The van der Waals surface area contributed by atoms with Crippen LogP contribution >= 0.6 is 0 Å². The molecule has 29 heavy (non-hydrogen) atoms. The van der Waals surface area contributed by atoms with E-state index in [1.165, 1.54) is 0 Å². The van der Waals surface area contributed by atoms with Crippen LogP contribution in [0.15, 0.2) is 48.5 Å². The van der Waals surface area contributed by atoms with Crippen molar-refractivity contribution >= 4 is 12.0 Å². The first-order valence-corrected chi connectivity index (χ1v) is 8.70. The summed E-state index contributed by atoms with van der Waals surface area (Å²) < 4.78 is 72.2. The second-order valence-electron chi connectivity index (χ2n) is 6.69. The SMILES string of the molecule is O=C(CC(c1cc(F)cc(F)c1)C(F)(F)F)N1C(=O)OCC1Cc1ccccc1. The van der Waals surface area contributed by atoms with Crippen LogP contribution in [0.4, 0.5) is 26.7 Å². The lowest BCUT2D eigenvalue weighted by Gasteiger charge is -2.24. The van der Waals surface area contributed by atoms with Gasteiger partial charge in [-0.15, -0.1) is 0 Å². The van der Waals surface area contributed by atoms with Gasteiger partial charge in [-0.25, -0.2) is 18.5 Å². The molecule has 9 heteroatoms. The topological polar surface area (TPSA) is 46.6 Å². The van der Waals surface area contributed by atoms with Crippen LogP contribution in [0.3, 0.4) is 0 Å². The average molecular weight is 413 g/mol. The van der Waals surface area contributed by atoms with Crippen molar-refractivity contribution in [2.75, 3.05) is 6.61 Å². The van der Waals surface area contributed by atoms with Crippen LogP contribution in [0.25, 0.3) is 0 Å². The number of cyclic esters (lactones) is 1. The number of ether oxygens (including phenoxy) is 1. The standard InChI is InChI=1S/C20H16F5NO3/c21-14-7-13(8-15(22)9-14)17(20(23,24)25)10-18(27)26-16(11-29-19(26)28)6-12-4-2-1-3-5-12/h1-5,7-9,16-17H,6,10-11H2. The maximum absolute atomic E-state index is 13.5. The summed E-state index contributed by atoms with van der Waals surface area (Å²) in [6.45, 7) is -0.148. The molecule has 0 radical (unpaired) electrons. The molecule has 0 saturated carbocycles. The van der Waals surface area contributed by atoms with Crippen molar-refractivity contribution in [2.24, 2.45) is 0 Å². The zero-order valence-electron chi connectivity index (χ0n) is 15.0. The van der Waals surface area contributed by atoms with Crippen molar-refractivity contribution in [3.8, 4) is 0 Å². The van der Waals surface area contributed by atoms with Crippen LogP contribution in [0.5, 0.6) is 0 Å². The van der Waals surface area contributed by atoms with Gasteiger partial charge < -0.3 is 4.74 Å². The summed E-state index contributed by atoms with van der Waals surface area (Å²) >= 11 is 0. The number of amides is 2. The van der Waals surface area contributed by atoms with Gasteiger partial charge in [0.15, 0.2) is 0 Å². The molecule has 1 aliphatic heterocycles. The van der Waals surface area contributed by atoms with Crippen molar-refractivity contribution in [1.82, 2.24) is 4.90 Å². The van der Waals surface area contributed by atoms with Gasteiger partial charge in [-0.3, -0.25) is 4.79 Å². The Balaban J connectivity index is 1.83. The van der Waals surface area contributed by atoms with E-state index >= 15 is 0 Å². The van der Waals surface area contributed by atoms with Gasteiger partial charge in [0.1, 0.15) is 18.2 Å². The molecule has 2 aromatic rings. The fourth-order valence-electron chi connectivity index (χ4n) is 3.27. The van der Waals surface area contributed by atoms with Gasteiger partial charge in [-0.2, -0.15) is 13.2 Å². The number of halogens is 5. The van der Waals surface area contributed by atoms with E-state index in [2.05, 4.69) is 0 Å². The molecular formula is C20H16F5NO3. The van der Waals surface area contributed by atoms with Gasteiger partial charge in [0.2, 0.25) is 5.91 Å². The molecule has 1 fully saturated rings. The molecule has 3 rings (SSSR count). The maximum atomic E-state index is 13.5. The first kappa shape index (κ1) is 20.8. The number of nitrogens with zero attached hydrogens (tertiary/aromatic N) is 1. The highest BCUT2D eigenvalue weighted by molar-refractivity contribution is 5.94. The Hall–Kier alpha value is -2.97. The molecule has 0 aromatic heterocycles. The molecule has 154 valence electrons. The van der Waals surface area contributed by atoms with E-state index in [9.17, 15) is 31.5 Å². The van der Waals surface area contributed by atoms with Crippen LogP contribution in [-0.2, 0) is 16.0 Å². The summed E-state index contributed by atoms with van der Waals surface area (Å²) in [5.41, 5.74) is 0.0451. The Morgan fingerprint density at radius 2 is 1.72 bits per heavy atom. The van der Waals surface area contributed by atoms with Crippen LogP contribution in [-0.4, -0.2) is 35.7 Å². The van der Waals surface area contributed by atoms with E-state index in [1.54, 1.807) is 30.3 Å². The number of alkyl halides is 3. The molecule has 2 aromatic carbocycles. The predicted molar refractivity (Wildman–Crippen MR) is 91.9 cm³/mol. The zero-order valence-corrected chi connectivity index (χ0v) is 15.0. The molecule has 0 bridgehead atoms. The predicted octanol–water partition coefficient (Wildman–Crippen LogP) is 4.59. The number of benzene rings is 2. The van der Waals surface area contributed by atoms with Crippen molar-refractivity contribution in [3.63, 3.8) is 0 Å². The van der Waals surface area contributed by atoms with Crippen LogP contribution < -0.4 is 0 Å². The monoisotopic (exact) mass is 413 g/mol. The zero-order chi connectivity index (χ0) is 21.2. The molecule has 0 aliphatic carbocycles. The quantitative estimate of drug-likeness (QED) is 0.674. The summed E-state index contributed by atoms with van der Waals surface area (Å²) in [5, 5.41) is 0. The van der Waals surface area contributed by atoms with E-state index in [0.29, 0.717) is 23.1 Å². The van der Waals surface area contributed by atoms with Crippen molar-refractivity contribution in [3.05, 3.63) is 71.3 Å². The van der Waals surface area contributed by atoms with Gasteiger partial charge in [0, 0.05) is 12.5 Å². The highest BCUT2D eigenvalue weighted by Crippen LogP contribution is 2.39. The molecule has 1 saturated heterocycles. The molecule has 0 N–H and O–H groups in total. The third-order valence-corrected chi connectivity index (χ3v) is 4.61. The second-order valence-corrected chi connectivity index (χ2v) is 6.69. The number of hydrogen-bond acceptors (Lipinski definition) is 3. The molecular weight excluding hydrogens is 397 g/mol. The summed E-state index contributed by atoms with van der Waals surface area (Å²) in [7, 11) is 0. The lowest BCUT2D eigenvalue weighted by atomic mass is 9.93. The summed E-state index contributed by atoms with van der Waals surface area (Å²) in [6, 6.07) is 9.49. The summed E-state index contributed by atoms with van der Waals surface area (Å²) in [5.74, 6) is -5.97. The van der Waals surface area contributed by atoms with E-state index in [1.807, 2.05) is 0 Å². The summed E-state index contributed by atoms with van der Waals surface area (Å²) in [6.07, 6.45) is -6.95. The van der Waals surface area contributed by atoms with Crippen molar-refractivity contribution < 1.29 is 36.3 Å². The van der Waals surface area contributed by atoms with Crippen molar-refractivity contribution in [1.29, 1.82) is 0 Å². The van der Waals surface area contributed by atoms with Crippen LogP contribution in [0, 0.1) is 11.6 Å². The third-order valence-electron chi connectivity index (χ3n) is 4.61. The molecule has 1 heterocycles. The number of carbonyl (C=O) groups excluding carboxylic acids is 2.